The third kappa shape index (κ3) is 5.60. The number of ether oxygens (including phenoxy) is 3. The Kier molecular flexibility index (Phi) is 8.13. The van der Waals surface area contributed by atoms with Crippen molar-refractivity contribution in [3.63, 3.8) is 0 Å². The van der Waals surface area contributed by atoms with Crippen molar-refractivity contribution in [1.29, 1.82) is 0 Å². The van der Waals surface area contributed by atoms with Gasteiger partial charge in [-0.15, -0.1) is 0 Å². The maximum atomic E-state index is 14.5. The second-order valence-corrected chi connectivity index (χ2v) is 25.9. The van der Waals surface area contributed by atoms with Crippen LogP contribution in [0.5, 0.6) is 5.75 Å². The lowest BCUT2D eigenvalue weighted by molar-refractivity contribution is -0.184. The Morgan fingerprint density at radius 3 is 1.98 bits per heavy atom. The van der Waals surface area contributed by atoms with E-state index in [0.29, 0.717) is 23.5 Å². The van der Waals surface area contributed by atoms with Crippen molar-refractivity contribution in [1.82, 2.24) is 0 Å². The van der Waals surface area contributed by atoms with Gasteiger partial charge < -0.3 is 23.1 Å². The first kappa shape index (κ1) is 33.3. The highest BCUT2D eigenvalue weighted by atomic mass is 28.4. The summed E-state index contributed by atoms with van der Waals surface area (Å²) in [5.74, 6) is -0.297. The number of ketones is 1. The summed E-state index contributed by atoms with van der Waals surface area (Å²) in [4.78, 5) is 14.5. The molecule has 1 saturated heterocycles. The van der Waals surface area contributed by atoms with Crippen molar-refractivity contribution >= 4 is 28.0 Å². The van der Waals surface area contributed by atoms with Crippen LogP contribution < -0.4 is 4.74 Å². The summed E-state index contributed by atoms with van der Waals surface area (Å²) in [6.45, 7) is 28.8. The predicted octanol–water partition coefficient (Wildman–Crippen LogP) is 8.92. The first-order valence-electron chi connectivity index (χ1n) is 15.9. The summed E-state index contributed by atoms with van der Waals surface area (Å²) >= 11 is 0. The van der Waals surface area contributed by atoms with Gasteiger partial charge in [-0.3, -0.25) is 4.79 Å². The number of benzene rings is 2. The summed E-state index contributed by atoms with van der Waals surface area (Å²) in [5, 5.41) is -0.133. The molecule has 3 aliphatic rings. The van der Waals surface area contributed by atoms with E-state index in [4.69, 9.17) is 23.1 Å². The number of hydrogen-bond donors (Lipinski definition) is 0. The highest BCUT2D eigenvalue weighted by Crippen LogP contribution is 2.58. The van der Waals surface area contributed by atoms with Crippen LogP contribution in [0.2, 0.25) is 36.3 Å². The predicted molar refractivity (Wildman–Crippen MR) is 181 cm³/mol. The summed E-state index contributed by atoms with van der Waals surface area (Å²) < 4.78 is 34.8. The third-order valence-electron chi connectivity index (χ3n) is 10.5. The van der Waals surface area contributed by atoms with E-state index in [2.05, 4.69) is 74.7 Å². The molecule has 0 bridgehead atoms. The fourth-order valence-corrected chi connectivity index (χ4v) is 8.69. The van der Waals surface area contributed by atoms with Gasteiger partial charge in [0.2, 0.25) is 0 Å². The second-order valence-electron chi connectivity index (χ2n) is 16.4. The molecule has 1 heterocycles. The van der Waals surface area contributed by atoms with Gasteiger partial charge >= 0.3 is 0 Å². The quantitative estimate of drug-likeness (QED) is 0.283. The van der Waals surface area contributed by atoms with Crippen molar-refractivity contribution in [3.8, 4) is 5.75 Å². The monoisotopic (exact) mass is 636 g/mol. The molecule has 240 valence electrons. The molecule has 5 rings (SSSR count). The number of Topliss-reactive ketones (excluding diaryl/α,β-unsaturated/α-hetero) is 1. The van der Waals surface area contributed by atoms with Crippen LogP contribution in [0.25, 0.3) is 5.57 Å². The van der Waals surface area contributed by atoms with E-state index in [1.807, 2.05) is 62.4 Å². The Morgan fingerprint density at radius 1 is 0.795 bits per heavy atom. The molecule has 2 aromatic rings. The molecule has 4 atom stereocenters. The lowest BCUT2D eigenvalue weighted by atomic mass is 9.75. The van der Waals surface area contributed by atoms with Crippen LogP contribution in [-0.2, 0) is 24.9 Å². The molecule has 2 aromatic carbocycles. The first-order valence-corrected chi connectivity index (χ1v) is 21.7. The van der Waals surface area contributed by atoms with Crippen LogP contribution >= 0.6 is 0 Å². The second kappa shape index (κ2) is 10.7. The van der Waals surface area contributed by atoms with Crippen molar-refractivity contribution in [2.24, 2.45) is 0 Å². The van der Waals surface area contributed by atoms with Gasteiger partial charge in [-0.05, 0) is 68.7 Å². The molecular formula is C36H52O6Si2. The minimum absolute atomic E-state index is 0.0488. The van der Waals surface area contributed by atoms with E-state index in [1.165, 1.54) is 0 Å². The zero-order valence-electron chi connectivity index (χ0n) is 29.0. The van der Waals surface area contributed by atoms with Gasteiger partial charge in [-0.1, -0.05) is 84.0 Å². The van der Waals surface area contributed by atoms with E-state index >= 15 is 0 Å². The maximum absolute atomic E-state index is 14.5. The van der Waals surface area contributed by atoms with Crippen LogP contribution in [0.3, 0.4) is 0 Å². The van der Waals surface area contributed by atoms with Gasteiger partial charge in [0.1, 0.15) is 30.2 Å². The molecule has 0 aromatic heterocycles. The summed E-state index contributed by atoms with van der Waals surface area (Å²) in [5.41, 5.74) is 2.98. The fraction of sp³-hybridized carbons (Fsp3) is 0.583. The van der Waals surface area contributed by atoms with Crippen molar-refractivity contribution in [2.45, 2.75) is 135 Å². The maximum Gasteiger partial charge on any atom is 0.193 e. The largest absolute Gasteiger partial charge is 0.488 e. The van der Waals surface area contributed by atoms with Gasteiger partial charge in [0.05, 0.1) is 6.10 Å². The molecule has 8 heteroatoms. The molecule has 0 spiro atoms. The molecule has 0 N–H and O–H groups in total. The Balaban J connectivity index is 1.74. The zero-order valence-corrected chi connectivity index (χ0v) is 31.0. The van der Waals surface area contributed by atoms with Crippen molar-refractivity contribution in [3.05, 3.63) is 70.8 Å². The van der Waals surface area contributed by atoms with E-state index in [0.717, 1.165) is 16.7 Å². The number of fused-ring (bicyclic) bond motifs is 4. The van der Waals surface area contributed by atoms with Gasteiger partial charge in [0, 0.05) is 22.3 Å². The minimum Gasteiger partial charge on any atom is -0.488 e. The Morgan fingerprint density at radius 2 is 1.39 bits per heavy atom. The number of rotatable bonds is 7. The van der Waals surface area contributed by atoms with E-state index < -0.39 is 46.3 Å². The number of carbonyl (C=O) groups excluding carboxylic acids is 1. The molecule has 1 aliphatic heterocycles. The highest BCUT2D eigenvalue weighted by molar-refractivity contribution is 6.74. The molecule has 0 amide bonds. The molecule has 0 saturated carbocycles. The van der Waals surface area contributed by atoms with Crippen LogP contribution in [0.4, 0.5) is 0 Å². The molecule has 44 heavy (non-hydrogen) atoms. The van der Waals surface area contributed by atoms with E-state index in [-0.39, 0.29) is 15.9 Å². The van der Waals surface area contributed by atoms with E-state index in [1.54, 1.807) is 0 Å². The first-order chi connectivity index (χ1) is 20.1. The Hall–Kier alpha value is -2.08. The van der Waals surface area contributed by atoms with Gasteiger partial charge in [-0.25, -0.2) is 0 Å². The van der Waals surface area contributed by atoms with Crippen molar-refractivity contribution < 1.29 is 27.9 Å². The highest BCUT2D eigenvalue weighted by Gasteiger charge is 2.67. The lowest BCUT2D eigenvalue weighted by Gasteiger charge is -2.52. The van der Waals surface area contributed by atoms with Crippen LogP contribution in [0.1, 0.15) is 83.8 Å². The molecule has 1 fully saturated rings. The molecular weight excluding hydrogens is 585 g/mol. The van der Waals surface area contributed by atoms with Crippen LogP contribution in [0, 0.1) is 0 Å². The van der Waals surface area contributed by atoms with Crippen LogP contribution in [0.15, 0.2) is 54.1 Å². The SMILES string of the molecule is CC1(C)O[C@@H]2C3=C(c4c(OCc5ccccc5)cccc4C3=O)[C@H](O[Si](C)(C)C(C)(C)C)[C@@H](O[Si](C)(C)C(C)(C)C)[C@]2(C)O1. The minimum atomic E-state index is -2.41. The van der Waals surface area contributed by atoms with Crippen LogP contribution in [-0.4, -0.2) is 52.1 Å². The molecule has 0 unspecified atom stereocenters. The lowest BCUT2D eigenvalue weighted by Crippen LogP contribution is -2.65. The van der Waals surface area contributed by atoms with Gasteiger partial charge in [-0.2, -0.15) is 0 Å². The topological polar surface area (TPSA) is 63.2 Å². The smallest absolute Gasteiger partial charge is 0.193 e. The summed E-state index contributed by atoms with van der Waals surface area (Å²) in [7, 11) is -4.78. The average molecular weight is 637 g/mol. The average Bonchev–Trinajstić information content (AvgIpc) is 3.33. The van der Waals surface area contributed by atoms with Gasteiger partial charge in [0.15, 0.2) is 28.2 Å². The number of hydrogen-bond acceptors (Lipinski definition) is 6. The summed E-state index contributed by atoms with van der Waals surface area (Å²) in [6.07, 6.45) is -1.68. The fourth-order valence-electron chi connectivity index (χ4n) is 6.11. The third-order valence-corrected chi connectivity index (χ3v) is 19.5. The van der Waals surface area contributed by atoms with E-state index in [9.17, 15) is 4.79 Å². The molecule has 2 aliphatic carbocycles. The zero-order chi connectivity index (χ0) is 32.7. The molecule has 6 nitrogen and oxygen atoms in total. The Bertz CT molecular complexity index is 1460. The number of carbonyl (C=O) groups is 1. The summed E-state index contributed by atoms with van der Waals surface area (Å²) in [6, 6.07) is 15.9. The van der Waals surface area contributed by atoms with Gasteiger partial charge in [0.25, 0.3) is 0 Å². The van der Waals surface area contributed by atoms with Crippen molar-refractivity contribution in [2.75, 3.05) is 0 Å². The molecule has 0 radical (unpaired) electrons. The normalized spacial score (nSPS) is 26.8. The Labute approximate surface area is 266 Å². The standard InChI is InChI=1S/C36H52O6Si2/c1-33(2,3)43(10,11)40-30-27-26-24(20-17-21-25(26)38-22-23-18-15-14-16-19-23)29(37)28(27)31-36(9,42-35(7,8)39-31)32(30)41-44(12,13)34(4,5)6/h14-21,30-32H,22H2,1-13H3/t30-,31+,32+,36+/m0/s1.